The summed E-state index contributed by atoms with van der Waals surface area (Å²) in [7, 11) is 0. The molecule has 0 bridgehead atoms. The third-order valence-electron chi connectivity index (χ3n) is 4.81. The summed E-state index contributed by atoms with van der Waals surface area (Å²) in [5.41, 5.74) is -0.950. The Balaban J connectivity index is 1.93. The minimum absolute atomic E-state index is 0.241. The van der Waals surface area contributed by atoms with E-state index in [1.165, 1.54) is 6.92 Å². The number of likely N-dealkylation sites (tertiary alicyclic amines) is 1. The van der Waals surface area contributed by atoms with Crippen molar-refractivity contribution in [2.45, 2.75) is 58.1 Å². The Kier molecular flexibility index (Phi) is 5.46. The van der Waals surface area contributed by atoms with E-state index < -0.39 is 36.1 Å². The molecule has 134 valence electrons. The van der Waals surface area contributed by atoms with Crippen LogP contribution in [-0.4, -0.2) is 64.9 Å². The number of amides is 4. The molecule has 0 aromatic rings. The molecule has 0 aliphatic carbocycles. The van der Waals surface area contributed by atoms with E-state index in [0.717, 1.165) is 17.7 Å². The second kappa shape index (κ2) is 7.19. The average Bonchev–Trinajstić information content (AvgIpc) is 3.17. The maximum absolute atomic E-state index is 12.4. The van der Waals surface area contributed by atoms with Crippen molar-refractivity contribution < 1.29 is 23.9 Å². The highest BCUT2D eigenvalue weighted by molar-refractivity contribution is 6.08. The Bertz CT molecular complexity index is 538. The molecule has 4 amide bonds. The monoisotopic (exact) mass is 339 g/mol. The lowest BCUT2D eigenvalue weighted by atomic mass is 9.93. The van der Waals surface area contributed by atoms with Crippen molar-refractivity contribution in [1.29, 1.82) is 0 Å². The molecule has 8 nitrogen and oxygen atoms in total. The van der Waals surface area contributed by atoms with Crippen LogP contribution in [0, 0.1) is 0 Å². The first-order chi connectivity index (χ1) is 11.3. The molecular formula is C16H25N3O5. The maximum Gasteiger partial charge on any atom is 0.327 e. The fourth-order valence-electron chi connectivity index (χ4n) is 3.16. The summed E-state index contributed by atoms with van der Waals surface area (Å²) in [6.07, 6.45) is 1.88. The molecule has 2 saturated heterocycles. The van der Waals surface area contributed by atoms with Crippen LogP contribution in [0.3, 0.4) is 0 Å². The average molecular weight is 339 g/mol. The normalized spacial score (nSPS) is 21.0. The lowest BCUT2D eigenvalue weighted by Crippen LogP contribution is -2.46. The molecule has 2 heterocycles. The van der Waals surface area contributed by atoms with Crippen LogP contribution in [0.2, 0.25) is 0 Å². The van der Waals surface area contributed by atoms with Gasteiger partial charge in [0, 0.05) is 13.1 Å². The van der Waals surface area contributed by atoms with Crippen LogP contribution >= 0.6 is 0 Å². The standard InChI is InChI=1S/C16H25N3O5/c1-4-16(5-2)14(22)19(15(23)17-16)10-12(20)24-11(3)13(21)18-8-6-7-9-18/h11H,4-10H2,1-3H3,(H,17,23)/t11-/m0/s1. The predicted molar refractivity (Wildman–Crippen MR) is 84.9 cm³/mol. The van der Waals surface area contributed by atoms with Gasteiger partial charge < -0.3 is 15.0 Å². The van der Waals surface area contributed by atoms with Gasteiger partial charge in [-0.05, 0) is 32.6 Å². The molecule has 0 saturated carbocycles. The Morgan fingerprint density at radius 1 is 1.21 bits per heavy atom. The highest BCUT2D eigenvalue weighted by Gasteiger charge is 2.49. The van der Waals surface area contributed by atoms with E-state index >= 15 is 0 Å². The summed E-state index contributed by atoms with van der Waals surface area (Å²) < 4.78 is 5.11. The molecule has 8 heteroatoms. The summed E-state index contributed by atoms with van der Waals surface area (Å²) in [6.45, 7) is 5.98. The number of ether oxygens (including phenoxy) is 1. The van der Waals surface area contributed by atoms with Crippen molar-refractivity contribution in [2.24, 2.45) is 0 Å². The van der Waals surface area contributed by atoms with E-state index in [0.29, 0.717) is 25.9 Å². The van der Waals surface area contributed by atoms with Gasteiger partial charge in [-0.1, -0.05) is 13.8 Å². The molecule has 0 unspecified atom stereocenters. The lowest BCUT2D eigenvalue weighted by Gasteiger charge is -2.23. The van der Waals surface area contributed by atoms with Crippen LogP contribution < -0.4 is 5.32 Å². The van der Waals surface area contributed by atoms with Gasteiger partial charge in [-0.15, -0.1) is 0 Å². The molecule has 2 aliphatic heterocycles. The van der Waals surface area contributed by atoms with E-state index in [-0.39, 0.29) is 5.91 Å². The third kappa shape index (κ3) is 3.37. The molecule has 0 aromatic heterocycles. The van der Waals surface area contributed by atoms with Gasteiger partial charge in [0.1, 0.15) is 12.1 Å². The first-order valence-electron chi connectivity index (χ1n) is 8.47. The van der Waals surface area contributed by atoms with Gasteiger partial charge in [0.15, 0.2) is 6.10 Å². The SMILES string of the molecule is CCC1(CC)NC(=O)N(CC(=O)O[C@@H](C)C(=O)N2CCCC2)C1=O. The summed E-state index contributed by atoms with van der Waals surface area (Å²) in [6, 6.07) is -0.598. The van der Waals surface area contributed by atoms with Crippen LogP contribution in [0.15, 0.2) is 0 Å². The van der Waals surface area contributed by atoms with E-state index in [2.05, 4.69) is 5.32 Å². The van der Waals surface area contributed by atoms with Crippen molar-refractivity contribution in [3.63, 3.8) is 0 Å². The van der Waals surface area contributed by atoms with Crippen LogP contribution in [0.4, 0.5) is 4.79 Å². The lowest BCUT2D eigenvalue weighted by molar-refractivity contribution is -0.160. The maximum atomic E-state index is 12.4. The number of nitrogens with one attached hydrogen (secondary N) is 1. The van der Waals surface area contributed by atoms with Crippen molar-refractivity contribution >= 4 is 23.8 Å². The molecule has 0 spiro atoms. The van der Waals surface area contributed by atoms with E-state index in [1.54, 1.807) is 18.7 Å². The first-order valence-corrected chi connectivity index (χ1v) is 8.47. The largest absolute Gasteiger partial charge is 0.451 e. The van der Waals surface area contributed by atoms with Crippen LogP contribution in [0.5, 0.6) is 0 Å². The predicted octanol–water partition coefficient (Wildman–Crippen LogP) is 0.651. The highest BCUT2D eigenvalue weighted by atomic mass is 16.5. The van der Waals surface area contributed by atoms with Gasteiger partial charge >= 0.3 is 12.0 Å². The number of hydrogen-bond donors (Lipinski definition) is 1. The van der Waals surface area contributed by atoms with Crippen LogP contribution in [0.25, 0.3) is 0 Å². The number of imide groups is 1. The Hall–Kier alpha value is -2.12. The van der Waals surface area contributed by atoms with Gasteiger partial charge in [-0.25, -0.2) is 4.79 Å². The molecule has 2 fully saturated rings. The second-order valence-corrected chi connectivity index (χ2v) is 6.28. The minimum Gasteiger partial charge on any atom is -0.451 e. The summed E-state index contributed by atoms with van der Waals surface area (Å²) in [4.78, 5) is 51.1. The molecule has 2 aliphatic rings. The Labute approximate surface area is 141 Å². The first kappa shape index (κ1) is 18.2. The number of carbonyl (C=O) groups is 4. The third-order valence-corrected chi connectivity index (χ3v) is 4.81. The molecule has 24 heavy (non-hydrogen) atoms. The smallest absolute Gasteiger partial charge is 0.327 e. The highest BCUT2D eigenvalue weighted by Crippen LogP contribution is 2.24. The topological polar surface area (TPSA) is 96.0 Å². The van der Waals surface area contributed by atoms with Crippen LogP contribution in [0.1, 0.15) is 46.5 Å². The molecular weight excluding hydrogens is 314 g/mol. The van der Waals surface area contributed by atoms with Crippen molar-refractivity contribution in [3.05, 3.63) is 0 Å². The number of carbonyl (C=O) groups excluding carboxylic acids is 4. The van der Waals surface area contributed by atoms with Crippen molar-refractivity contribution in [1.82, 2.24) is 15.1 Å². The number of hydrogen-bond acceptors (Lipinski definition) is 5. The van der Waals surface area contributed by atoms with Gasteiger partial charge in [-0.3, -0.25) is 19.3 Å². The summed E-state index contributed by atoms with van der Waals surface area (Å²) >= 11 is 0. The minimum atomic E-state index is -0.950. The van der Waals surface area contributed by atoms with E-state index in [4.69, 9.17) is 4.74 Å². The zero-order chi connectivity index (χ0) is 17.9. The van der Waals surface area contributed by atoms with Crippen molar-refractivity contribution in [2.75, 3.05) is 19.6 Å². The molecule has 1 N–H and O–H groups in total. The zero-order valence-electron chi connectivity index (χ0n) is 14.5. The number of nitrogens with zero attached hydrogens (tertiary/aromatic N) is 2. The van der Waals surface area contributed by atoms with Crippen molar-refractivity contribution in [3.8, 4) is 0 Å². The van der Waals surface area contributed by atoms with Crippen LogP contribution in [-0.2, 0) is 19.1 Å². The fraction of sp³-hybridized carbons (Fsp3) is 0.750. The number of esters is 1. The van der Waals surface area contributed by atoms with Gasteiger partial charge in [0.05, 0.1) is 0 Å². The quantitative estimate of drug-likeness (QED) is 0.566. The van der Waals surface area contributed by atoms with E-state index in [1.807, 2.05) is 0 Å². The molecule has 0 aromatic carbocycles. The number of rotatable bonds is 6. The number of urea groups is 1. The van der Waals surface area contributed by atoms with Gasteiger partial charge in [-0.2, -0.15) is 0 Å². The molecule has 0 radical (unpaired) electrons. The summed E-state index contributed by atoms with van der Waals surface area (Å²) in [5, 5.41) is 2.65. The zero-order valence-corrected chi connectivity index (χ0v) is 14.5. The molecule has 2 rings (SSSR count). The fourth-order valence-corrected chi connectivity index (χ4v) is 3.16. The molecule has 1 atom stereocenters. The Morgan fingerprint density at radius 3 is 2.29 bits per heavy atom. The van der Waals surface area contributed by atoms with E-state index in [9.17, 15) is 19.2 Å². The van der Waals surface area contributed by atoms with Gasteiger partial charge in [0.25, 0.3) is 11.8 Å². The Morgan fingerprint density at radius 2 is 1.79 bits per heavy atom. The second-order valence-electron chi connectivity index (χ2n) is 6.28. The summed E-state index contributed by atoms with van der Waals surface area (Å²) in [5.74, 6) is -1.43. The van der Waals surface area contributed by atoms with Gasteiger partial charge in [0.2, 0.25) is 0 Å².